The number of phenolic OH excluding ortho intramolecular Hbond substituents is 1. The highest BCUT2D eigenvalue weighted by molar-refractivity contribution is 5.33. The first kappa shape index (κ1) is 8.62. The molecule has 0 aliphatic rings. The van der Waals surface area contributed by atoms with Gasteiger partial charge in [0.2, 0.25) is 0 Å². The van der Waals surface area contributed by atoms with Crippen molar-refractivity contribution in [3.63, 3.8) is 0 Å². The molecule has 0 amide bonds. The predicted octanol–water partition coefficient (Wildman–Crippen LogP) is 1.92. The lowest BCUT2D eigenvalue weighted by Gasteiger charge is -2.04. The third-order valence-electron chi connectivity index (χ3n) is 1.80. The first-order chi connectivity index (χ1) is 6.75. The average Bonchev–Trinajstić information content (AvgIpc) is 2.52. The summed E-state index contributed by atoms with van der Waals surface area (Å²) >= 11 is 0. The Balaban J connectivity index is 2.23. The second-order valence-corrected chi connectivity index (χ2v) is 2.92. The average molecular weight is 190 g/mol. The Kier molecular flexibility index (Phi) is 2.10. The van der Waals surface area contributed by atoms with Gasteiger partial charge in [0.1, 0.15) is 11.5 Å². The van der Waals surface area contributed by atoms with E-state index in [-0.39, 0.29) is 5.75 Å². The van der Waals surface area contributed by atoms with Crippen LogP contribution in [0.2, 0.25) is 0 Å². The Hall–Kier alpha value is -1.97. The number of nitrogens with zero attached hydrogens (tertiary/aromatic N) is 2. The number of aromatic hydroxyl groups is 1. The number of imidazole rings is 1. The Bertz CT molecular complexity index is 437. The highest BCUT2D eigenvalue weighted by atomic mass is 16.5. The fourth-order valence-electron chi connectivity index (χ4n) is 1.10. The minimum atomic E-state index is 0.178. The van der Waals surface area contributed by atoms with Crippen LogP contribution in [0.15, 0.2) is 36.7 Å². The Morgan fingerprint density at radius 3 is 2.93 bits per heavy atom. The summed E-state index contributed by atoms with van der Waals surface area (Å²) in [6.07, 6.45) is 3.44. The van der Waals surface area contributed by atoms with E-state index in [1.165, 1.54) is 6.07 Å². The fraction of sp³-hybridized carbons (Fsp3) is 0.100. The molecule has 0 atom stereocenters. The SMILES string of the molecule is Cn1ccnc1Oc1cccc(O)c1. The van der Waals surface area contributed by atoms with Crippen molar-refractivity contribution in [2.45, 2.75) is 0 Å². The maximum atomic E-state index is 9.20. The van der Waals surface area contributed by atoms with Crippen LogP contribution in [0.1, 0.15) is 0 Å². The molecule has 0 radical (unpaired) electrons. The van der Waals surface area contributed by atoms with Gasteiger partial charge >= 0.3 is 6.01 Å². The van der Waals surface area contributed by atoms with Crippen LogP contribution in [0.25, 0.3) is 0 Å². The van der Waals surface area contributed by atoms with Crippen molar-refractivity contribution in [3.8, 4) is 17.5 Å². The molecule has 0 saturated heterocycles. The molecule has 1 heterocycles. The molecule has 0 bridgehead atoms. The van der Waals surface area contributed by atoms with E-state index < -0.39 is 0 Å². The fourth-order valence-corrected chi connectivity index (χ4v) is 1.10. The predicted molar refractivity (Wildman–Crippen MR) is 51.4 cm³/mol. The van der Waals surface area contributed by atoms with Gasteiger partial charge in [0, 0.05) is 25.5 Å². The van der Waals surface area contributed by atoms with Crippen LogP contribution in [0.3, 0.4) is 0 Å². The summed E-state index contributed by atoms with van der Waals surface area (Å²) in [5.74, 6) is 0.746. The summed E-state index contributed by atoms with van der Waals surface area (Å²) in [6.45, 7) is 0. The van der Waals surface area contributed by atoms with Crippen molar-refractivity contribution in [2.75, 3.05) is 0 Å². The van der Waals surface area contributed by atoms with Gasteiger partial charge in [-0.1, -0.05) is 6.07 Å². The zero-order valence-electron chi connectivity index (χ0n) is 7.71. The molecular formula is C10H10N2O2. The molecule has 1 aromatic heterocycles. The number of aryl methyl sites for hydroxylation is 1. The summed E-state index contributed by atoms with van der Waals surface area (Å²) in [5.41, 5.74) is 0. The molecule has 14 heavy (non-hydrogen) atoms. The van der Waals surface area contributed by atoms with E-state index in [2.05, 4.69) is 4.98 Å². The Morgan fingerprint density at radius 1 is 1.43 bits per heavy atom. The van der Waals surface area contributed by atoms with Crippen molar-refractivity contribution >= 4 is 0 Å². The molecule has 4 nitrogen and oxygen atoms in total. The van der Waals surface area contributed by atoms with Gasteiger partial charge in [-0.15, -0.1) is 0 Å². The van der Waals surface area contributed by atoms with E-state index in [4.69, 9.17) is 4.74 Å². The summed E-state index contributed by atoms with van der Waals surface area (Å²) in [7, 11) is 1.84. The van der Waals surface area contributed by atoms with Crippen LogP contribution < -0.4 is 4.74 Å². The van der Waals surface area contributed by atoms with E-state index >= 15 is 0 Å². The van der Waals surface area contributed by atoms with E-state index in [9.17, 15) is 5.11 Å². The number of rotatable bonds is 2. The Morgan fingerprint density at radius 2 is 2.29 bits per heavy atom. The number of ether oxygens (including phenoxy) is 1. The second kappa shape index (κ2) is 3.41. The molecule has 0 aliphatic heterocycles. The molecule has 1 N–H and O–H groups in total. The van der Waals surface area contributed by atoms with E-state index in [1.54, 1.807) is 35.2 Å². The topological polar surface area (TPSA) is 47.3 Å². The normalized spacial score (nSPS) is 10.1. The Labute approximate surface area is 81.4 Å². The van der Waals surface area contributed by atoms with Gasteiger partial charge in [-0.3, -0.25) is 0 Å². The van der Waals surface area contributed by atoms with Crippen LogP contribution in [-0.4, -0.2) is 14.7 Å². The first-order valence-electron chi connectivity index (χ1n) is 4.20. The molecule has 0 aliphatic carbocycles. The highest BCUT2D eigenvalue weighted by Crippen LogP contribution is 2.22. The van der Waals surface area contributed by atoms with E-state index in [0.29, 0.717) is 11.8 Å². The smallest absolute Gasteiger partial charge is 0.301 e. The minimum Gasteiger partial charge on any atom is -0.508 e. The van der Waals surface area contributed by atoms with Crippen LogP contribution in [0.5, 0.6) is 17.5 Å². The van der Waals surface area contributed by atoms with Crippen molar-refractivity contribution in [3.05, 3.63) is 36.7 Å². The largest absolute Gasteiger partial charge is 0.508 e. The van der Waals surface area contributed by atoms with Crippen LogP contribution >= 0.6 is 0 Å². The molecule has 0 spiro atoms. The zero-order chi connectivity index (χ0) is 9.97. The van der Waals surface area contributed by atoms with E-state index in [0.717, 1.165) is 0 Å². The number of aromatic nitrogens is 2. The molecule has 4 heteroatoms. The molecule has 2 rings (SSSR count). The van der Waals surface area contributed by atoms with Crippen molar-refractivity contribution in [2.24, 2.45) is 7.05 Å². The maximum absolute atomic E-state index is 9.20. The van der Waals surface area contributed by atoms with Gasteiger partial charge < -0.3 is 14.4 Å². The van der Waals surface area contributed by atoms with E-state index in [1.807, 2.05) is 7.05 Å². The van der Waals surface area contributed by atoms with Gasteiger partial charge in [0.15, 0.2) is 0 Å². The van der Waals surface area contributed by atoms with Gasteiger partial charge in [-0.05, 0) is 12.1 Å². The molecule has 72 valence electrons. The lowest BCUT2D eigenvalue weighted by Crippen LogP contribution is -1.92. The lowest BCUT2D eigenvalue weighted by molar-refractivity contribution is 0.417. The van der Waals surface area contributed by atoms with Gasteiger partial charge in [-0.25, -0.2) is 4.98 Å². The zero-order valence-corrected chi connectivity index (χ0v) is 7.71. The lowest BCUT2D eigenvalue weighted by atomic mass is 10.3. The number of phenols is 1. The summed E-state index contributed by atoms with van der Waals surface area (Å²) in [4.78, 5) is 4.00. The van der Waals surface area contributed by atoms with Gasteiger partial charge in [-0.2, -0.15) is 0 Å². The highest BCUT2D eigenvalue weighted by Gasteiger charge is 2.01. The van der Waals surface area contributed by atoms with Crippen molar-refractivity contribution < 1.29 is 9.84 Å². The monoisotopic (exact) mass is 190 g/mol. The molecule has 1 aromatic carbocycles. The number of hydrogen-bond donors (Lipinski definition) is 1. The molecule has 0 unspecified atom stereocenters. The molecule has 0 fully saturated rings. The minimum absolute atomic E-state index is 0.178. The molecule has 2 aromatic rings. The summed E-state index contributed by atoms with van der Waals surface area (Å²) < 4.78 is 7.18. The summed E-state index contributed by atoms with van der Waals surface area (Å²) in [5, 5.41) is 9.20. The standard InChI is InChI=1S/C10H10N2O2/c1-12-6-5-11-10(12)14-9-4-2-3-8(13)7-9/h2-7,13H,1H3. The second-order valence-electron chi connectivity index (χ2n) is 2.92. The quantitative estimate of drug-likeness (QED) is 0.786. The van der Waals surface area contributed by atoms with Crippen LogP contribution in [0.4, 0.5) is 0 Å². The first-order valence-corrected chi connectivity index (χ1v) is 4.20. The summed E-state index contributed by atoms with van der Waals surface area (Å²) in [6, 6.07) is 7.10. The van der Waals surface area contributed by atoms with Crippen molar-refractivity contribution in [1.29, 1.82) is 0 Å². The van der Waals surface area contributed by atoms with Gasteiger partial charge in [0.05, 0.1) is 0 Å². The number of hydrogen-bond acceptors (Lipinski definition) is 3. The molecular weight excluding hydrogens is 180 g/mol. The van der Waals surface area contributed by atoms with Crippen LogP contribution in [-0.2, 0) is 7.05 Å². The third kappa shape index (κ3) is 1.69. The van der Waals surface area contributed by atoms with Gasteiger partial charge in [0.25, 0.3) is 0 Å². The maximum Gasteiger partial charge on any atom is 0.301 e. The molecule has 0 saturated carbocycles. The van der Waals surface area contributed by atoms with Crippen LogP contribution in [0, 0.1) is 0 Å². The van der Waals surface area contributed by atoms with Crippen molar-refractivity contribution in [1.82, 2.24) is 9.55 Å². The number of benzene rings is 1. The third-order valence-corrected chi connectivity index (χ3v) is 1.80.